The van der Waals surface area contributed by atoms with Gasteiger partial charge in [-0.1, -0.05) is 15.9 Å². The SMILES string of the molecule is C[C@H](N)C(=O)NCC(=O)OCCBr. The van der Waals surface area contributed by atoms with Crippen molar-refractivity contribution in [3.05, 3.63) is 0 Å². The Labute approximate surface area is 85.1 Å². The Morgan fingerprint density at radius 1 is 1.62 bits per heavy atom. The molecule has 0 fully saturated rings. The van der Waals surface area contributed by atoms with Crippen molar-refractivity contribution in [2.24, 2.45) is 5.73 Å². The molecule has 0 aliphatic carbocycles. The number of alkyl halides is 1. The Morgan fingerprint density at radius 2 is 2.23 bits per heavy atom. The van der Waals surface area contributed by atoms with E-state index in [1.54, 1.807) is 6.92 Å². The number of carbonyl (C=O) groups excluding carboxylic acids is 2. The van der Waals surface area contributed by atoms with Crippen LogP contribution in [0.3, 0.4) is 0 Å². The zero-order valence-corrected chi connectivity index (χ0v) is 8.96. The Hall–Kier alpha value is -0.620. The molecule has 0 aromatic carbocycles. The lowest BCUT2D eigenvalue weighted by atomic mass is 10.3. The van der Waals surface area contributed by atoms with Gasteiger partial charge in [-0.2, -0.15) is 0 Å². The van der Waals surface area contributed by atoms with Gasteiger partial charge in [0.05, 0.1) is 6.04 Å². The van der Waals surface area contributed by atoms with Crippen molar-refractivity contribution in [2.75, 3.05) is 18.5 Å². The number of ether oxygens (including phenoxy) is 1. The summed E-state index contributed by atoms with van der Waals surface area (Å²) in [4.78, 5) is 21.7. The van der Waals surface area contributed by atoms with E-state index in [1.165, 1.54) is 0 Å². The lowest BCUT2D eigenvalue weighted by Gasteiger charge is -2.06. The molecular weight excluding hydrogens is 240 g/mol. The van der Waals surface area contributed by atoms with Gasteiger partial charge in [-0.05, 0) is 6.92 Å². The highest BCUT2D eigenvalue weighted by Gasteiger charge is 2.09. The van der Waals surface area contributed by atoms with Gasteiger partial charge >= 0.3 is 5.97 Å². The number of esters is 1. The Morgan fingerprint density at radius 3 is 2.69 bits per heavy atom. The van der Waals surface area contributed by atoms with Crippen LogP contribution in [-0.4, -0.2) is 36.4 Å². The van der Waals surface area contributed by atoms with Gasteiger partial charge in [0.2, 0.25) is 5.91 Å². The first kappa shape index (κ1) is 12.4. The van der Waals surface area contributed by atoms with Gasteiger partial charge in [0.25, 0.3) is 0 Å². The summed E-state index contributed by atoms with van der Waals surface area (Å²) in [5.74, 6) is -0.829. The molecule has 0 aliphatic rings. The van der Waals surface area contributed by atoms with E-state index in [0.717, 1.165) is 0 Å². The second-order valence-corrected chi connectivity index (χ2v) is 3.21. The van der Waals surface area contributed by atoms with Crippen LogP contribution in [0.25, 0.3) is 0 Å². The molecule has 0 heterocycles. The maximum absolute atomic E-state index is 10.9. The van der Waals surface area contributed by atoms with Crippen LogP contribution in [0, 0.1) is 0 Å². The highest BCUT2D eigenvalue weighted by atomic mass is 79.9. The largest absolute Gasteiger partial charge is 0.463 e. The monoisotopic (exact) mass is 252 g/mol. The summed E-state index contributed by atoms with van der Waals surface area (Å²) in [6.07, 6.45) is 0. The van der Waals surface area contributed by atoms with Crippen LogP contribution in [0.4, 0.5) is 0 Å². The number of rotatable bonds is 5. The minimum Gasteiger partial charge on any atom is -0.463 e. The average Bonchev–Trinajstić information content (AvgIpc) is 2.10. The van der Waals surface area contributed by atoms with Crippen molar-refractivity contribution < 1.29 is 14.3 Å². The average molecular weight is 253 g/mol. The van der Waals surface area contributed by atoms with Gasteiger partial charge in [-0.25, -0.2) is 0 Å². The molecule has 1 amide bonds. The van der Waals surface area contributed by atoms with Gasteiger partial charge in [0, 0.05) is 5.33 Å². The summed E-state index contributed by atoms with van der Waals surface area (Å²) in [6.45, 7) is 1.71. The maximum atomic E-state index is 10.9. The molecule has 13 heavy (non-hydrogen) atoms. The van der Waals surface area contributed by atoms with Gasteiger partial charge in [-0.15, -0.1) is 0 Å². The van der Waals surface area contributed by atoms with E-state index in [9.17, 15) is 9.59 Å². The molecule has 3 N–H and O–H groups in total. The van der Waals surface area contributed by atoms with Crippen LogP contribution in [0.2, 0.25) is 0 Å². The van der Waals surface area contributed by atoms with Crippen molar-refractivity contribution in [3.63, 3.8) is 0 Å². The molecule has 0 saturated heterocycles. The molecule has 0 aromatic heterocycles. The van der Waals surface area contributed by atoms with E-state index in [1.807, 2.05) is 0 Å². The lowest BCUT2D eigenvalue weighted by molar-refractivity contribution is -0.143. The molecule has 0 bridgehead atoms. The Bertz CT molecular complexity index is 185. The normalized spacial score (nSPS) is 11.9. The van der Waals surface area contributed by atoms with E-state index in [0.29, 0.717) is 11.9 Å². The molecule has 76 valence electrons. The van der Waals surface area contributed by atoms with Crippen LogP contribution >= 0.6 is 15.9 Å². The smallest absolute Gasteiger partial charge is 0.325 e. The van der Waals surface area contributed by atoms with Gasteiger partial charge in [-0.3, -0.25) is 9.59 Å². The molecule has 0 saturated carbocycles. The lowest BCUT2D eigenvalue weighted by Crippen LogP contribution is -2.41. The van der Waals surface area contributed by atoms with Crippen LogP contribution in [0.15, 0.2) is 0 Å². The quantitative estimate of drug-likeness (QED) is 0.505. The number of carbonyl (C=O) groups is 2. The number of amides is 1. The summed E-state index contributed by atoms with van der Waals surface area (Å²) in [7, 11) is 0. The summed E-state index contributed by atoms with van der Waals surface area (Å²) in [5.41, 5.74) is 5.25. The third-order valence-electron chi connectivity index (χ3n) is 1.16. The predicted molar refractivity (Wildman–Crippen MR) is 51.4 cm³/mol. The molecule has 0 aliphatic heterocycles. The second-order valence-electron chi connectivity index (χ2n) is 2.42. The molecule has 5 nitrogen and oxygen atoms in total. The number of hydrogen-bond acceptors (Lipinski definition) is 4. The first-order valence-electron chi connectivity index (χ1n) is 3.82. The van der Waals surface area contributed by atoms with E-state index in [2.05, 4.69) is 26.0 Å². The molecule has 1 atom stereocenters. The summed E-state index contributed by atoms with van der Waals surface area (Å²) in [6, 6.07) is -0.607. The standard InChI is InChI=1S/C7H13BrN2O3/c1-5(9)7(12)10-4-6(11)13-3-2-8/h5H,2-4,9H2,1H3,(H,10,12)/t5-/m0/s1. The minimum absolute atomic E-state index is 0.132. The van der Waals surface area contributed by atoms with Crippen molar-refractivity contribution >= 4 is 27.8 Å². The van der Waals surface area contributed by atoms with Crippen LogP contribution in [0.5, 0.6) is 0 Å². The van der Waals surface area contributed by atoms with E-state index >= 15 is 0 Å². The predicted octanol–water partition coefficient (Wildman–Crippen LogP) is -0.612. The zero-order valence-electron chi connectivity index (χ0n) is 7.38. The van der Waals surface area contributed by atoms with Gasteiger partial charge in [0.15, 0.2) is 0 Å². The summed E-state index contributed by atoms with van der Waals surface area (Å²) >= 11 is 3.10. The van der Waals surface area contributed by atoms with Crippen LogP contribution in [-0.2, 0) is 14.3 Å². The van der Waals surface area contributed by atoms with Crippen molar-refractivity contribution in [2.45, 2.75) is 13.0 Å². The molecule has 6 heteroatoms. The molecule has 0 spiro atoms. The fourth-order valence-corrected chi connectivity index (χ4v) is 0.686. The van der Waals surface area contributed by atoms with E-state index in [-0.39, 0.29) is 12.5 Å². The molecule has 0 rings (SSSR count). The van der Waals surface area contributed by atoms with E-state index < -0.39 is 12.0 Å². The summed E-state index contributed by atoms with van der Waals surface area (Å²) in [5, 5.41) is 2.92. The van der Waals surface area contributed by atoms with Gasteiger partial charge < -0.3 is 15.8 Å². The highest BCUT2D eigenvalue weighted by Crippen LogP contribution is 1.83. The molecular formula is C7H13BrN2O3. The number of nitrogens with two attached hydrogens (primary N) is 1. The number of halogens is 1. The van der Waals surface area contributed by atoms with Crippen LogP contribution in [0.1, 0.15) is 6.92 Å². The maximum Gasteiger partial charge on any atom is 0.325 e. The fraction of sp³-hybridized carbons (Fsp3) is 0.714. The number of nitrogens with one attached hydrogen (secondary N) is 1. The first-order chi connectivity index (χ1) is 6.07. The molecule has 0 unspecified atom stereocenters. The van der Waals surface area contributed by atoms with Gasteiger partial charge in [0.1, 0.15) is 13.2 Å². The van der Waals surface area contributed by atoms with Crippen LogP contribution < -0.4 is 11.1 Å². The molecule has 0 aromatic rings. The minimum atomic E-state index is -0.607. The Balaban J connectivity index is 3.52. The zero-order chi connectivity index (χ0) is 10.3. The number of hydrogen-bond donors (Lipinski definition) is 2. The van der Waals surface area contributed by atoms with Crippen molar-refractivity contribution in [3.8, 4) is 0 Å². The van der Waals surface area contributed by atoms with Crippen molar-refractivity contribution in [1.82, 2.24) is 5.32 Å². The van der Waals surface area contributed by atoms with Crippen molar-refractivity contribution in [1.29, 1.82) is 0 Å². The third kappa shape index (κ3) is 6.53. The second kappa shape index (κ2) is 6.85. The van der Waals surface area contributed by atoms with E-state index in [4.69, 9.17) is 5.73 Å². The molecule has 0 radical (unpaired) electrons. The highest BCUT2D eigenvalue weighted by molar-refractivity contribution is 9.09. The fourth-order valence-electron chi connectivity index (χ4n) is 0.524. The topological polar surface area (TPSA) is 81.4 Å². The third-order valence-corrected chi connectivity index (χ3v) is 1.48. The summed E-state index contributed by atoms with van der Waals surface area (Å²) < 4.78 is 4.68. The Kier molecular flexibility index (Phi) is 6.52. The first-order valence-corrected chi connectivity index (χ1v) is 4.95.